The van der Waals surface area contributed by atoms with Crippen molar-refractivity contribution in [2.75, 3.05) is 53.4 Å². The van der Waals surface area contributed by atoms with Crippen LogP contribution >= 0.6 is 0 Å². The SMILES string of the molecule is CCCN1CCC(NC(=NCC(=O)N(C)C)NCC2CCCCO2)CC1. The fraction of sp³-hybridized carbons (Fsp3) is 0.895. The molecule has 0 aliphatic carbocycles. The third kappa shape index (κ3) is 7.50. The molecular formula is C19H37N5O2. The molecule has 0 aromatic carbocycles. The van der Waals surface area contributed by atoms with Crippen molar-refractivity contribution >= 4 is 11.9 Å². The number of likely N-dealkylation sites (N-methyl/N-ethyl adjacent to an activating group) is 1. The van der Waals surface area contributed by atoms with Gasteiger partial charge in [0.05, 0.1) is 6.10 Å². The van der Waals surface area contributed by atoms with Gasteiger partial charge in [-0.25, -0.2) is 4.99 Å². The second kappa shape index (κ2) is 11.4. The van der Waals surface area contributed by atoms with Gasteiger partial charge in [-0.15, -0.1) is 0 Å². The van der Waals surface area contributed by atoms with Crippen LogP contribution in [0.4, 0.5) is 0 Å². The van der Waals surface area contributed by atoms with Crippen LogP contribution in [0.2, 0.25) is 0 Å². The smallest absolute Gasteiger partial charge is 0.243 e. The van der Waals surface area contributed by atoms with E-state index in [1.165, 1.54) is 19.4 Å². The predicted octanol–water partition coefficient (Wildman–Crippen LogP) is 1.05. The summed E-state index contributed by atoms with van der Waals surface area (Å²) >= 11 is 0. The van der Waals surface area contributed by atoms with E-state index in [0.29, 0.717) is 6.04 Å². The van der Waals surface area contributed by atoms with Crippen molar-refractivity contribution in [1.82, 2.24) is 20.4 Å². The van der Waals surface area contributed by atoms with Gasteiger partial charge in [0, 0.05) is 46.4 Å². The number of carbonyl (C=O) groups excluding carboxylic acids is 1. The van der Waals surface area contributed by atoms with Gasteiger partial charge in [-0.05, 0) is 45.1 Å². The summed E-state index contributed by atoms with van der Waals surface area (Å²) < 4.78 is 5.80. The average Bonchev–Trinajstić information content (AvgIpc) is 2.66. The van der Waals surface area contributed by atoms with Crippen LogP contribution in [0.3, 0.4) is 0 Å². The van der Waals surface area contributed by atoms with E-state index in [9.17, 15) is 4.79 Å². The van der Waals surface area contributed by atoms with Gasteiger partial charge in [0.15, 0.2) is 5.96 Å². The molecule has 2 saturated heterocycles. The van der Waals surface area contributed by atoms with Gasteiger partial charge in [0.1, 0.15) is 6.54 Å². The second-order valence-corrected chi connectivity index (χ2v) is 7.58. The van der Waals surface area contributed by atoms with Crippen LogP contribution in [0.5, 0.6) is 0 Å². The summed E-state index contributed by atoms with van der Waals surface area (Å²) in [6, 6.07) is 0.413. The molecule has 1 unspecified atom stereocenters. The quantitative estimate of drug-likeness (QED) is 0.520. The highest BCUT2D eigenvalue weighted by Crippen LogP contribution is 2.12. The number of aliphatic imine (C=N–C) groups is 1. The number of nitrogens with zero attached hydrogens (tertiary/aromatic N) is 3. The van der Waals surface area contributed by atoms with Crippen molar-refractivity contribution in [2.45, 2.75) is 57.6 Å². The van der Waals surface area contributed by atoms with Crippen LogP contribution < -0.4 is 10.6 Å². The van der Waals surface area contributed by atoms with Crippen LogP contribution in [0.25, 0.3) is 0 Å². The zero-order valence-electron chi connectivity index (χ0n) is 16.8. The summed E-state index contributed by atoms with van der Waals surface area (Å²) in [7, 11) is 3.52. The van der Waals surface area contributed by atoms with Crippen LogP contribution in [-0.2, 0) is 9.53 Å². The normalized spacial score (nSPS) is 22.9. The standard InChI is InChI=1S/C19H37N5O2/c1-4-10-24-11-8-16(9-12-24)22-19(21-15-18(25)23(2)3)20-14-17-7-5-6-13-26-17/h16-17H,4-15H2,1-3H3,(H2,20,21,22). The van der Waals surface area contributed by atoms with Crippen LogP contribution in [0, 0.1) is 0 Å². The van der Waals surface area contributed by atoms with Gasteiger partial charge in [-0.3, -0.25) is 4.79 Å². The minimum Gasteiger partial charge on any atom is -0.376 e. The zero-order valence-corrected chi connectivity index (χ0v) is 16.8. The summed E-state index contributed by atoms with van der Waals surface area (Å²) in [5, 5.41) is 6.94. The molecule has 0 aromatic rings. The maximum Gasteiger partial charge on any atom is 0.243 e. The highest BCUT2D eigenvalue weighted by molar-refractivity contribution is 5.84. The number of hydrogen-bond donors (Lipinski definition) is 2. The molecule has 2 N–H and O–H groups in total. The number of likely N-dealkylation sites (tertiary alicyclic amines) is 1. The lowest BCUT2D eigenvalue weighted by Crippen LogP contribution is -2.50. The van der Waals surface area contributed by atoms with Crippen molar-refractivity contribution in [3.05, 3.63) is 0 Å². The Labute approximate surface area is 158 Å². The number of hydrogen-bond acceptors (Lipinski definition) is 4. The topological polar surface area (TPSA) is 69.2 Å². The molecule has 0 radical (unpaired) electrons. The number of piperidine rings is 1. The Morgan fingerprint density at radius 3 is 2.62 bits per heavy atom. The van der Waals surface area contributed by atoms with Gasteiger partial charge in [0.25, 0.3) is 0 Å². The lowest BCUT2D eigenvalue weighted by molar-refractivity contribution is -0.127. The van der Waals surface area contributed by atoms with Gasteiger partial charge >= 0.3 is 0 Å². The molecule has 0 spiro atoms. The molecule has 2 fully saturated rings. The van der Waals surface area contributed by atoms with E-state index in [2.05, 4.69) is 27.4 Å². The van der Waals surface area contributed by atoms with Crippen molar-refractivity contribution in [2.24, 2.45) is 4.99 Å². The van der Waals surface area contributed by atoms with Crippen molar-refractivity contribution in [1.29, 1.82) is 0 Å². The fourth-order valence-electron chi connectivity index (χ4n) is 3.43. The Bertz CT molecular complexity index is 441. The molecule has 26 heavy (non-hydrogen) atoms. The molecule has 7 nitrogen and oxygen atoms in total. The van der Waals surface area contributed by atoms with Crippen molar-refractivity contribution in [3.63, 3.8) is 0 Å². The Hall–Kier alpha value is -1.34. The van der Waals surface area contributed by atoms with E-state index in [4.69, 9.17) is 4.74 Å². The number of ether oxygens (including phenoxy) is 1. The molecule has 2 aliphatic heterocycles. The molecule has 2 rings (SSSR count). The van der Waals surface area contributed by atoms with Gasteiger partial charge in [-0.2, -0.15) is 0 Å². The molecule has 0 bridgehead atoms. The second-order valence-electron chi connectivity index (χ2n) is 7.58. The van der Waals surface area contributed by atoms with Crippen LogP contribution in [0.15, 0.2) is 4.99 Å². The van der Waals surface area contributed by atoms with Crippen molar-refractivity contribution < 1.29 is 9.53 Å². The molecule has 0 saturated carbocycles. The van der Waals surface area contributed by atoms with Gasteiger partial charge < -0.3 is 25.2 Å². The summed E-state index contributed by atoms with van der Waals surface area (Å²) in [5.41, 5.74) is 0. The fourth-order valence-corrected chi connectivity index (χ4v) is 3.43. The summed E-state index contributed by atoms with van der Waals surface area (Å²) in [6.45, 7) is 7.43. The predicted molar refractivity (Wildman–Crippen MR) is 105 cm³/mol. The first kappa shape index (κ1) is 21.0. The first-order valence-corrected chi connectivity index (χ1v) is 10.2. The first-order chi connectivity index (χ1) is 12.6. The summed E-state index contributed by atoms with van der Waals surface area (Å²) in [6.07, 6.45) is 7.15. The molecule has 2 heterocycles. The van der Waals surface area contributed by atoms with E-state index in [1.54, 1.807) is 19.0 Å². The number of nitrogens with one attached hydrogen (secondary N) is 2. The zero-order chi connectivity index (χ0) is 18.8. The highest BCUT2D eigenvalue weighted by atomic mass is 16.5. The number of amides is 1. The number of carbonyl (C=O) groups is 1. The maximum atomic E-state index is 11.9. The van der Waals surface area contributed by atoms with Crippen molar-refractivity contribution in [3.8, 4) is 0 Å². The monoisotopic (exact) mass is 367 g/mol. The minimum atomic E-state index is 0.0118. The number of rotatable bonds is 7. The van der Waals surface area contributed by atoms with E-state index in [-0.39, 0.29) is 18.6 Å². The molecular weight excluding hydrogens is 330 g/mol. The van der Waals surface area contributed by atoms with E-state index < -0.39 is 0 Å². The van der Waals surface area contributed by atoms with E-state index in [1.807, 2.05) is 0 Å². The van der Waals surface area contributed by atoms with Gasteiger partial charge in [0.2, 0.25) is 5.91 Å². The lowest BCUT2D eigenvalue weighted by atomic mass is 10.1. The Kier molecular flexibility index (Phi) is 9.18. The van der Waals surface area contributed by atoms with E-state index in [0.717, 1.165) is 57.9 Å². The third-order valence-electron chi connectivity index (χ3n) is 5.11. The molecule has 2 aliphatic rings. The minimum absolute atomic E-state index is 0.0118. The van der Waals surface area contributed by atoms with Crippen LogP contribution in [0.1, 0.15) is 45.4 Å². The molecule has 1 atom stereocenters. The van der Waals surface area contributed by atoms with Crippen LogP contribution in [-0.4, -0.2) is 87.2 Å². The molecule has 0 aromatic heterocycles. The molecule has 150 valence electrons. The Balaban J connectivity index is 1.85. The number of guanidine groups is 1. The molecule has 1 amide bonds. The summed E-state index contributed by atoms with van der Waals surface area (Å²) in [4.78, 5) is 20.5. The highest BCUT2D eigenvalue weighted by Gasteiger charge is 2.20. The Morgan fingerprint density at radius 1 is 1.23 bits per heavy atom. The lowest BCUT2D eigenvalue weighted by Gasteiger charge is -2.33. The first-order valence-electron chi connectivity index (χ1n) is 10.2. The average molecular weight is 368 g/mol. The largest absolute Gasteiger partial charge is 0.376 e. The molecule has 7 heteroatoms. The third-order valence-corrected chi connectivity index (χ3v) is 5.11. The Morgan fingerprint density at radius 2 is 2.00 bits per heavy atom. The maximum absolute atomic E-state index is 11.9. The summed E-state index contributed by atoms with van der Waals surface area (Å²) in [5.74, 6) is 0.751. The van der Waals surface area contributed by atoms with Gasteiger partial charge in [-0.1, -0.05) is 6.92 Å². The van der Waals surface area contributed by atoms with E-state index >= 15 is 0 Å².